The average Bonchev–Trinajstić information content (AvgIpc) is 2.47. The first-order chi connectivity index (χ1) is 8.86. The Morgan fingerprint density at radius 1 is 1.11 bits per heavy atom. The van der Waals surface area contributed by atoms with E-state index in [2.05, 4.69) is 25.8 Å². The van der Waals surface area contributed by atoms with E-state index in [9.17, 15) is 0 Å². The van der Waals surface area contributed by atoms with Gasteiger partial charge in [-0.3, -0.25) is 10.9 Å². The van der Waals surface area contributed by atoms with Gasteiger partial charge in [0.1, 0.15) is 5.69 Å². The van der Waals surface area contributed by atoms with Crippen LogP contribution in [0.25, 0.3) is 0 Å². The van der Waals surface area contributed by atoms with Crippen LogP contribution in [0.3, 0.4) is 0 Å². The fourth-order valence-electron chi connectivity index (χ4n) is 1.63. The second-order valence-corrected chi connectivity index (χ2v) is 3.67. The summed E-state index contributed by atoms with van der Waals surface area (Å²) in [5.41, 5.74) is 7.64. The highest BCUT2D eigenvalue weighted by molar-refractivity contribution is 6.02. The zero-order valence-corrected chi connectivity index (χ0v) is 9.71. The monoisotopic (exact) mass is 241 g/mol. The topological polar surface area (TPSA) is 71.4 Å². The maximum atomic E-state index is 4.95. The molecule has 0 saturated carbocycles. The van der Waals surface area contributed by atoms with Crippen molar-refractivity contribution in [1.29, 1.82) is 0 Å². The van der Waals surface area contributed by atoms with Crippen LogP contribution in [0.15, 0.2) is 41.5 Å². The van der Waals surface area contributed by atoms with Gasteiger partial charge in [-0.05, 0) is 0 Å². The van der Waals surface area contributed by atoms with Gasteiger partial charge >= 0.3 is 6.01 Å². The molecule has 3 rings (SSSR count). The minimum Gasteiger partial charge on any atom is -0.467 e. The summed E-state index contributed by atoms with van der Waals surface area (Å²) in [6.07, 6.45) is 1.62. The van der Waals surface area contributed by atoms with Crippen LogP contribution < -0.4 is 15.6 Å². The van der Waals surface area contributed by atoms with Crippen LogP contribution in [0.1, 0.15) is 5.56 Å². The van der Waals surface area contributed by atoms with Gasteiger partial charge < -0.3 is 4.74 Å². The Kier molecular flexibility index (Phi) is 2.53. The Bertz CT molecular complexity index is 597. The summed E-state index contributed by atoms with van der Waals surface area (Å²) in [4.78, 5) is 12.6. The lowest BCUT2D eigenvalue weighted by atomic mass is 10.2. The van der Waals surface area contributed by atoms with Crippen molar-refractivity contribution >= 4 is 17.3 Å². The number of aliphatic imine (C=N–C) groups is 1. The van der Waals surface area contributed by atoms with Crippen LogP contribution in [0.4, 0.5) is 11.5 Å². The molecule has 2 heterocycles. The van der Waals surface area contributed by atoms with E-state index in [0.29, 0.717) is 17.5 Å². The number of hydrazine groups is 1. The van der Waals surface area contributed by atoms with Gasteiger partial charge in [-0.1, -0.05) is 30.3 Å². The second kappa shape index (κ2) is 4.33. The molecule has 6 heteroatoms. The number of fused-ring (bicyclic) bond motifs is 1. The number of benzene rings is 1. The van der Waals surface area contributed by atoms with Crippen molar-refractivity contribution in [2.45, 2.75) is 0 Å². The molecule has 90 valence electrons. The zero-order chi connectivity index (χ0) is 12.4. The van der Waals surface area contributed by atoms with Crippen LogP contribution in [0.2, 0.25) is 0 Å². The lowest BCUT2D eigenvalue weighted by Crippen LogP contribution is -2.33. The molecule has 6 nitrogen and oxygen atoms in total. The maximum Gasteiger partial charge on any atom is 0.318 e. The number of amidine groups is 1. The van der Waals surface area contributed by atoms with Gasteiger partial charge in [0.25, 0.3) is 0 Å². The van der Waals surface area contributed by atoms with Gasteiger partial charge in [0.2, 0.25) is 0 Å². The Labute approximate surface area is 104 Å². The summed E-state index contributed by atoms with van der Waals surface area (Å²) in [5, 5.41) is 0. The van der Waals surface area contributed by atoms with Gasteiger partial charge in [0, 0.05) is 5.56 Å². The Morgan fingerprint density at radius 2 is 1.94 bits per heavy atom. The third-order valence-electron chi connectivity index (χ3n) is 2.51. The summed E-state index contributed by atoms with van der Waals surface area (Å²) in [6.45, 7) is 0. The molecule has 0 aliphatic carbocycles. The molecule has 1 aromatic carbocycles. The third-order valence-corrected chi connectivity index (χ3v) is 2.51. The van der Waals surface area contributed by atoms with Crippen molar-refractivity contribution in [3.63, 3.8) is 0 Å². The molecule has 0 unspecified atom stereocenters. The van der Waals surface area contributed by atoms with Crippen molar-refractivity contribution in [2.75, 3.05) is 12.5 Å². The number of methoxy groups -OCH3 is 1. The molecule has 1 aliphatic rings. The number of hydrogen-bond acceptors (Lipinski definition) is 6. The van der Waals surface area contributed by atoms with Gasteiger partial charge in [-0.25, -0.2) is 9.98 Å². The first-order valence-electron chi connectivity index (χ1n) is 5.44. The molecule has 0 amide bonds. The molecule has 2 aromatic rings. The molecule has 0 radical (unpaired) electrons. The van der Waals surface area contributed by atoms with Gasteiger partial charge in [0.05, 0.1) is 13.3 Å². The number of nitrogens with zero attached hydrogens (tertiary/aromatic N) is 3. The predicted molar refractivity (Wildman–Crippen MR) is 68.0 cm³/mol. The smallest absolute Gasteiger partial charge is 0.318 e. The van der Waals surface area contributed by atoms with E-state index in [-0.39, 0.29) is 0 Å². The van der Waals surface area contributed by atoms with E-state index >= 15 is 0 Å². The van der Waals surface area contributed by atoms with Crippen LogP contribution in [-0.4, -0.2) is 22.9 Å². The van der Waals surface area contributed by atoms with Gasteiger partial charge in [-0.15, -0.1) is 0 Å². The summed E-state index contributed by atoms with van der Waals surface area (Å²) in [7, 11) is 1.52. The van der Waals surface area contributed by atoms with E-state index in [0.717, 1.165) is 11.4 Å². The minimum absolute atomic E-state index is 0.307. The second-order valence-electron chi connectivity index (χ2n) is 3.67. The van der Waals surface area contributed by atoms with Gasteiger partial charge in [-0.2, -0.15) is 4.98 Å². The Balaban J connectivity index is 1.99. The first-order valence-corrected chi connectivity index (χ1v) is 5.44. The number of nitrogens with one attached hydrogen (secondary N) is 2. The third kappa shape index (κ3) is 1.84. The fourth-order valence-corrected chi connectivity index (χ4v) is 1.63. The first kappa shape index (κ1) is 10.5. The number of rotatable bonds is 2. The Hall–Kier alpha value is -2.63. The average molecular weight is 241 g/mol. The standard InChI is InChI=1S/C12H11N5O/c1-18-12-13-7-9-11(15-12)17-16-10(14-9)8-5-3-2-4-6-8/h2-7H,1H3,(H,14,16)(H,13,15,17). The molecule has 0 bridgehead atoms. The lowest BCUT2D eigenvalue weighted by Gasteiger charge is -2.18. The van der Waals surface area contributed by atoms with Crippen LogP contribution in [0.5, 0.6) is 6.01 Å². The molecule has 18 heavy (non-hydrogen) atoms. The van der Waals surface area contributed by atoms with Crippen LogP contribution in [0, 0.1) is 0 Å². The molecule has 2 N–H and O–H groups in total. The van der Waals surface area contributed by atoms with Crippen molar-refractivity contribution in [3.05, 3.63) is 42.1 Å². The van der Waals surface area contributed by atoms with Gasteiger partial charge in [0.15, 0.2) is 11.7 Å². The highest BCUT2D eigenvalue weighted by Crippen LogP contribution is 2.26. The fraction of sp³-hybridized carbons (Fsp3) is 0.0833. The van der Waals surface area contributed by atoms with E-state index in [1.807, 2.05) is 30.3 Å². The number of anilines is 1. The van der Waals surface area contributed by atoms with E-state index in [1.54, 1.807) is 6.20 Å². The highest BCUT2D eigenvalue weighted by atomic mass is 16.5. The maximum absolute atomic E-state index is 4.95. The normalized spacial score (nSPS) is 12.8. The molecule has 0 fully saturated rings. The van der Waals surface area contributed by atoms with Crippen molar-refractivity contribution < 1.29 is 4.74 Å². The van der Waals surface area contributed by atoms with E-state index in [1.165, 1.54) is 7.11 Å². The van der Waals surface area contributed by atoms with E-state index < -0.39 is 0 Å². The largest absolute Gasteiger partial charge is 0.467 e. The number of aromatic nitrogens is 2. The number of ether oxygens (including phenoxy) is 1. The van der Waals surface area contributed by atoms with Crippen molar-refractivity contribution in [2.24, 2.45) is 4.99 Å². The Morgan fingerprint density at radius 3 is 2.72 bits per heavy atom. The molecule has 1 aromatic heterocycles. The molecule has 0 saturated heterocycles. The quantitative estimate of drug-likeness (QED) is 0.833. The summed E-state index contributed by atoms with van der Waals surface area (Å²) < 4.78 is 4.95. The molecule has 0 spiro atoms. The SMILES string of the molecule is COc1ncc2c(n1)NNC(c1ccccc1)=N2. The van der Waals surface area contributed by atoms with Crippen molar-refractivity contribution in [1.82, 2.24) is 15.4 Å². The van der Waals surface area contributed by atoms with E-state index in [4.69, 9.17) is 4.74 Å². The number of hydrogen-bond donors (Lipinski definition) is 2. The zero-order valence-electron chi connectivity index (χ0n) is 9.71. The predicted octanol–water partition coefficient (Wildman–Crippen LogP) is 1.49. The van der Waals surface area contributed by atoms with Crippen LogP contribution in [-0.2, 0) is 0 Å². The summed E-state index contributed by atoms with van der Waals surface area (Å²) in [5.74, 6) is 1.33. The molecular formula is C12H11N5O. The highest BCUT2D eigenvalue weighted by Gasteiger charge is 2.14. The minimum atomic E-state index is 0.307. The summed E-state index contributed by atoms with van der Waals surface area (Å²) >= 11 is 0. The van der Waals surface area contributed by atoms with Crippen molar-refractivity contribution in [3.8, 4) is 6.01 Å². The lowest BCUT2D eigenvalue weighted by molar-refractivity contribution is 0.380. The van der Waals surface area contributed by atoms with Crippen LogP contribution >= 0.6 is 0 Å². The molecular weight excluding hydrogens is 230 g/mol. The molecule has 1 aliphatic heterocycles. The molecule has 0 atom stereocenters. The summed E-state index contributed by atoms with van der Waals surface area (Å²) in [6, 6.07) is 10.1.